The molecule has 5 nitrogen and oxygen atoms in total. The molecule has 0 saturated heterocycles. The normalized spacial score (nSPS) is 12.7. The van der Waals surface area contributed by atoms with Gasteiger partial charge in [0.15, 0.2) is 10.9 Å². The largest absolute Gasteiger partial charge is 0.349 e. The van der Waals surface area contributed by atoms with Crippen LogP contribution in [0, 0.1) is 5.92 Å². The minimum Gasteiger partial charge on any atom is -0.349 e. The highest BCUT2D eigenvalue weighted by atomic mass is 35.5. The van der Waals surface area contributed by atoms with Crippen molar-refractivity contribution in [1.82, 2.24) is 20.2 Å². The number of halogens is 1. The van der Waals surface area contributed by atoms with Crippen molar-refractivity contribution < 1.29 is 4.79 Å². The lowest BCUT2D eigenvalue weighted by Gasteiger charge is -2.32. The first-order valence-corrected chi connectivity index (χ1v) is 9.13. The number of amides is 1. The van der Waals surface area contributed by atoms with Crippen LogP contribution in [0.5, 0.6) is 0 Å². The van der Waals surface area contributed by atoms with E-state index in [0.29, 0.717) is 23.7 Å². The standard InChI is InChI=1S/C15H25ClN4OS/c1-6-20(7-2)12(10(3)4)9-17-14(21)13-11(16)8-18-15(19-13)22-5/h8,10,12H,6-7,9H2,1-5H3,(H,17,21)/t12-/m1/s1. The Bertz CT molecular complexity index is 494. The van der Waals surface area contributed by atoms with Crippen molar-refractivity contribution in [1.29, 1.82) is 0 Å². The lowest BCUT2D eigenvalue weighted by molar-refractivity contribution is 0.0915. The quantitative estimate of drug-likeness (QED) is 0.580. The summed E-state index contributed by atoms with van der Waals surface area (Å²) in [6, 6.07) is 0.291. The predicted molar refractivity (Wildman–Crippen MR) is 92.7 cm³/mol. The van der Waals surface area contributed by atoms with Gasteiger partial charge in [0.05, 0.1) is 11.2 Å². The number of carbonyl (C=O) groups excluding carboxylic acids is 1. The second-order valence-electron chi connectivity index (χ2n) is 5.30. The summed E-state index contributed by atoms with van der Waals surface area (Å²) in [5.41, 5.74) is 0.239. The van der Waals surface area contributed by atoms with Crippen LogP contribution >= 0.6 is 23.4 Å². The van der Waals surface area contributed by atoms with E-state index in [1.807, 2.05) is 6.26 Å². The number of rotatable bonds is 8. The van der Waals surface area contributed by atoms with Crippen molar-refractivity contribution in [3.63, 3.8) is 0 Å². The van der Waals surface area contributed by atoms with Crippen LogP contribution < -0.4 is 5.32 Å². The van der Waals surface area contributed by atoms with E-state index in [4.69, 9.17) is 11.6 Å². The summed E-state index contributed by atoms with van der Waals surface area (Å²) in [6.45, 7) is 11.1. The summed E-state index contributed by atoms with van der Waals surface area (Å²) in [5.74, 6) is 0.198. The summed E-state index contributed by atoms with van der Waals surface area (Å²) in [5, 5.41) is 3.77. The molecule has 124 valence electrons. The summed E-state index contributed by atoms with van der Waals surface area (Å²) >= 11 is 7.42. The number of nitrogens with one attached hydrogen (secondary N) is 1. The number of carbonyl (C=O) groups is 1. The molecule has 0 radical (unpaired) electrons. The minimum atomic E-state index is -0.250. The van der Waals surface area contributed by atoms with E-state index in [9.17, 15) is 4.79 Å². The zero-order chi connectivity index (χ0) is 16.7. The Hall–Kier alpha value is -0.850. The number of nitrogens with zero attached hydrogens (tertiary/aromatic N) is 3. The maximum atomic E-state index is 12.3. The fourth-order valence-corrected chi connectivity index (χ4v) is 2.89. The third kappa shape index (κ3) is 5.11. The summed E-state index contributed by atoms with van der Waals surface area (Å²) in [7, 11) is 0. The van der Waals surface area contributed by atoms with Crippen LogP contribution in [0.15, 0.2) is 11.4 Å². The first kappa shape index (κ1) is 19.2. The van der Waals surface area contributed by atoms with E-state index in [1.54, 1.807) is 0 Å². The highest BCUT2D eigenvalue weighted by Gasteiger charge is 2.21. The van der Waals surface area contributed by atoms with Crippen LogP contribution in [-0.2, 0) is 0 Å². The zero-order valence-corrected chi connectivity index (χ0v) is 15.5. The molecule has 1 heterocycles. The van der Waals surface area contributed by atoms with Gasteiger partial charge in [-0.05, 0) is 25.3 Å². The predicted octanol–water partition coefficient (Wildman–Crippen LogP) is 2.95. The van der Waals surface area contributed by atoms with Crippen molar-refractivity contribution >= 4 is 29.3 Å². The molecular formula is C15H25ClN4OS. The van der Waals surface area contributed by atoms with Crippen LogP contribution in [0.1, 0.15) is 38.2 Å². The number of hydrogen-bond acceptors (Lipinski definition) is 5. The Morgan fingerprint density at radius 3 is 2.55 bits per heavy atom. The van der Waals surface area contributed by atoms with Crippen molar-refractivity contribution in [2.45, 2.75) is 38.9 Å². The van der Waals surface area contributed by atoms with E-state index in [1.165, 1.54) is 18.0 Å². The molecule has 0 aliphatic rings. The van der Waals surface area contributed by atoms with Crippen LogP contribution in [0.4, 0.5) is 0 Å². The Morgan fingerprint density at radius 2 is 2.05 bits per heavy atom. The summed E-state index contributed by atoms with van der Waals surface area (Å²) in [6.07, 6.45) is 3.33. The highest BCUT2D eigenvalue weighted by Crippen LogP contribution is 2.17. The number of aromatic nitrogens is 2. The van der Waals surface area contributed by atoms with Gasteiger partial charge >= 0.3 is 0 Å². The van der Waals surface area contributed by atoms with Crippen LogP contribution in [-0.4, -0.2) is 52.7 Å². The second kappa shape index (κ2) is 9.33. The first-order valence-electron chi connectivity index (χ1n) is 7.53. The Balaban J connectivity index is 2.79. The summed E-state index contributed by atoms with van der Waals surface area (Å²) < 4.78 is 0. The molecule has 0 bridgehead atoms. The molecular weight excluding hydrogens is 320 g/mol. The van der Waals surface area contributed by atoms with Gasteiger partial charge in [0.2, 0.25) is 0 Å². The maximum absolute atomic E-state index is 12.3. The van der Waals surface area contributed by atoms with Crippen LogP contribution in [0.25, 0.3) is 0 Å². The van der Waals surface area contributed by atoms with Crippen molar-refractivity contribution in [2.24, 2.45) is 5.92 Å². The van der Waals surface area contributed by atoms with Gasteiger partial charge in [0.25, 0.3) is 5.91 Å². The molecule has 0 spiro atoms. The monoisotopic (exact) mass is 344 g/mol. The molecule has 0 aliphatic heterocycles. The minimum absolute atomic E-state index is 0.239. The van der Waals surface area contributed by atoms with E-state index >= 15 is 0 Å². The molecule has 1 aromatic heterocycles. The van der Waals surface area contributed by atoms with Gasteiger partial charge < -0.3 is 5.32 Å². The lowest BCUT2D eigenvalue weighted by atomic mass is 10.0. The lowest BCUT2D eigenvalue weighted by Crippen LogP contribution is -2.47. The van der Waals surface area contributed by atoms with E-state index in [0.717, 1.165) is 13.1 Å². The third-order valence-corrected chi connectivity index (χ3v) is 4.48. The molecule has 0 fully saturated rings. The van der Waals surface area contributed by atoms with Gasteiger partial charge in [0.1, 0.15) is 0 Å². The van der Waals surface area contributed by atoms with E-state index < -0.39 is 0 Å². The van der Waals surface area contributed by atoms with E-state index in [-0.39, 0.29) is 16.6 Å². The van der Waals surface area contributed by atoms with Crippen molar-refractivity contribution in [3.05, 3.63) is 16.9 Å². The Morgan fingerprint density at radius 1 is 1.41 bits per heavy atom. The molecule has 0 saturated carbocycles. The SMILES string of the molecule is CCN(CC)[C@H](CNC(=O)c1nc(SC)ncc1Cl)C(C)C. The molecule has 1 atom stereocenters. The molecule has 0 aliphatic carbocycles. The average Bonchev–Trinajstić information content (AvgIpc) is 2.51. The molecule has 22 heavy (non-hydrogen) atoms. The molecule has 7 heteroatoms. The summed E-state index contributed by atoms with van der Waals surface area (Å²) in [4.78, 5) is 22.9. The molecule has 1 rings (SSSR count). The first-order chi connectivity index (χ1) is 10.4. The third-order valence-electron chi connectivity index (χ3n) is 3.64. The maximum Gasteiger partial charge on any atom is 0.271 e. The number of thioether (sulfide) groups is 1. The smallest absolute Gasteiger partial charge is 0.271 e. The van der Waals surface area contributed by atoms with Gasteiger partial charge in [0, 0.05) is 12.6 Å². The Labute approximate surface area is 142 Å². The van der Waals surface area contributed by atoms with Gasteiger partial charge in [-0.2, -0.15) is 0 Å². The average molecular weight is 345 g/mol. The molecule has 1 amide bonds. The fraction of sp³-hybridized carbons (Fsp3) is 0.667. The van der Waals surface area contributed by atoms with Crippen LogP contribution in [0.2, 0.25) is 5.02 Å². The number of hydrogen-bond donors (Lipinski definition) is 1. The van der Waals surface area contributed by atoms with Crippen molar-refractivity contribution in [3.8, 4) is 0 Å². The molecule has 1 N–H and O–H groups in total. The van der Waals surface area contributed by atoms with Crippen molar-refractivity contribution in [2.75, 3.05) is 25.9 Å². The van der Waals surface area contributed by atoms with Crippen LogP contribution in [0.3, 0.4) is 0 Å². The molecule has 0 aromatic carbocycles. The highest BCUT2D eigenvalue weighted by molar-refractivity contribution is 7.98. The topological polar surface area (TPSA) is 58.1 Å². The number of likely N-dealkylation sites (N-methyl/N-ethyl adjacent to an activating group) is 1. The van der Waals surface area contributed by atoms with Gasteiger partial charge in [-0.3, -0.25) is 9.69 Å². The molecule has 0 unspecified atom stereocenters. The molecule has 1 aromatic rings. The fourth-order valence-electron chi connectivity index (χ4n) is 2.37. The zero-order valence-electron chi connectivity index (χ0n) is 13.9. The second-order valence-corrected chi connectivity index (χ2v) is 6.48. The Kier molecular flexibility index (Phi) is 8.14. The van der Waals surface area contributed by atoms with E-state index in [2.05, 4.69) is 47.9 Å². The van der Waals surface area contributed by atoms with Gasteiger partial charge in [-0.15, -0.1) is 0 Å². The van der Waals surface area contributed by atoms with Gasteiger partial charge in [-0.25, -0.2) is 9.97 Å². The van der Waals surface area contributed by atoms with Gasteiger partial charge in [-0.1, -0.05) is 51.1 Å².